The third-order valence-electron chi connectivity index (χ3n) is 2.85. The Bertz CT molecular complexity index is 294. The largest absolute Gasteiger partial charge is 0.374 e. The first-order valence-corrected chi connectivity index (χ1v) is 5.52. The molecule has 2 heterocycles. The molecule has 1 aromatic rings. The van der Waals surface area contributed by atoms with Gasteiger partial charge < -0.3 is 10.1 Å². The molecule has 0 spiro atoms. The van der Waals surface area contributed by atoms with E-state index in [-0.39, 0.29) is 5.60 Å². The van der Waals surface area contributed by atoms with Gasteiger partial charge in [-0.1, -0.05) is 6.07 Å². The van der Waals surface area contributed by atoms with Gasteiger partial charge in [-0.3, -0.25) is 4.98 Å². The van der Waals surface area contributed by atoms with Gasteiger partial charge in [0.15, 0.2) is 0 Å². The van der Waals surface area contributed by atoms with Gasteiger partial charge in [0.25, 0.3) is 0 Å². The molecule has 1 saturated heterocycles. The van der Waals surface area contributed by atoms with Gasteiger partial charge in [0, 0.05) is 32.1 Å². The van der Waals surface area contributed by atoms with Gasteiger partial charge in [-0.05, 0) is 31.4 Å². The summed E-state index contributed by atoms with van der Waals surface area (Å²) < 4.78 is 5.70. The lowest BCUT2D eigenvalue weighted by atomic mass is 10.0. The first-order valence-electron chi connectivity index (χ1n) is 5.52. The van der Waals surface area contributed by atoms with Crippen LogP contribution >= 0.6 is 0 Å². The molecule has 1 N–H and O–H groups in total. The van der Waals surface area contributed by atoms with Gasteiger partial charge in [-0.15, -0.1) is 0 Å². The number of rotatable bonds is 4. The van der Waals surface area contributed by atoms with E-state index < -0.39 is 0 Å². The normalized spacial score (nSPS) is 25.7. The van der Waals surface area contributed by atoms with Crippen LogP contribution in [0.5, 0.6) is 0 Å². The Balaban J connectivity index is 1.75. The molecule has 82 valence electrons. The molecule has 0 radical (unpaired) electrons. The zero-order valence-electron chi connectivity index (χ0n) is 9.20. The standard InChI is InChI=1S/C12H18N2O/c1-12(5-3-7-15-12)10-14-9-11-4-2-6-13-8-11/h2,4,6,8,14H,3,5,7,9-10H2,1H3. The second kappa shape index (κ2) is 4.73. The number of nitrogens with zero attached hydrogens (tertiary/aromatic N) is 1. The molecule has 1 aliphatic rings. The highest BCUT2D eigenvalue weighted by Crippen LogP contribution is 2.23. The molecule has 1 aliphatic heterocycles. The number of hydrogen-bond acceptors (Lipinski definition) is 3. The molecule has 0 aromatic carbocycles. The highest BCUT2D eigenvalue weighted by molar-refractivity contribution is 5.07. The first-order chi connectivity index (χ1) is 7.29. The number of aromatic nitrogens is 1. The highest BCUT2D eigenvalue weighted by Gasteiger charge is 2.28. The Morgan fingerprint density at radius 3 is 3.20 bits per heavy atom. The average molecular weight is 206 g/mol. The van der Waals surface area contributed by atoms with Gasteiger partial charge >= 0.3 is 0 Å². The lowest BCUT2D eigenvalue weighted by Gasteiger charge is -2.23. The highest BCUT2D eigenvalue weighted by atomic mass is 16.5. The van der Waals surface area contributed by atoms with Crippen LogP contribution in [-0.2, 0) is 11.3 Å². The fraction of sp³-hybridized carbons (Fsp3) is 0.583. The molecule has 1 fully saturated rings. The van der Waals surface area contributed by atoms with Crippen molar-refractivity contribution in [3.05, 3.63) is 30.1 Å². The molecule has 1 atom stereocenters. The van der Waals surface area contributed by atoms with E-state index in [0.29, 0.717) is 0 Å². The molecule has 1 unspecified atom stereocenters. The Kier molecular flexibility index (Phi) is 3.34. The Hall–Kier alpha value is -0.930. The molecule has 0 aliphatic carbocycles. The lowest BCUT2D eigenvalue weighted by Crippen LogP contribution is -2.36. The van der Waals surface area contributed by atoms with Crippen LogP contribution in [0.2, 0.25) is 0 Å². The van der Waals surface area contributed by atoms with Crippen LogP contribution in [0.1, 0.15) is 25.3 Å². The van der Waals surface area contributed by atoms with Crippen molar-refractivity contribution in [1.82, 2.24) is 10.3 Å². The minimum atomic E-state index is 0.0439. The smallest absolute Gasteiger partial charge is 0.0779 e. The van der Waals surface area contributed by atoms with Crippen LogP contribution in [-0.4, -0.2) is 23.7 Å². The summed E-state index contributed by atoms with van der Waals surface area (Å²) in [5.74, 6) is 0. The number of hydrogen-bond donors (Lipinski definition) is 1. The predicted molar refractivity (Wildman–Crippen MR) is 59.5 cm³/mol. The maximum atomic E-state index is 5.70. The first kappa shape index (κ1) is 10.6. The fourth-order valence-electron chi connectivity index (χ4n) is 1.95. The molecule has 0 amide bonds. The van der Waals surface area contributed by atoms with Crippen molar-refractivity contribution in [2.75, 3.05) is 13.2 Å². The van der Waals surface area contributed by atoms with Gasteiger partial charge in [-0.2, -0.15) is 0 Å². The third kappa shape index (κ3) is 3.01. The summed E-state index contributed by atoms with van der Waals surface area (Å²) in [6.45, 7) is 4.87. The van der Waals surface area contributed by atoms with Crippen molar-refractivity contribution in [1.29, 1.82) is 0 Å². The molecule has 3 nitrogen and oxygen atoms in total. The summed E-state index contributed by atoms with van der Waals surface area (Å²) in [7, 11) is 0. The second-order valence-electron chi connectivity index (χ2n) is 4.37. The predicted octanol–water partition coefficient (Wildman–Crippen LogP) is 1.74. The zero-order valence-corrected chi connectivity index (χ0v) is 9.20. The van der Waals surface area contributed by atoms with Gasteiger partial charge in [-0.25, -0.2) is 0 Å². The second-order valence-corrected chi connectivity index (χ2v) is 4.37. The van der Waals surface area contributed by atoms with Crippen LogP contribution in [0.3, 0.4) is 0 Å². The van der Waals surface area contributed by atoms with E-state index in [1.807, 2.05) is 12.3 Å². The van der Waals surface area contributed by atoms with Crippen molar-refractivity contribution in [3.8, 4) is 0 Å². The van der Waals surface area contributed by atoms with E-state index in [2.05, 4.69) is 23.3 Å². The van der Waals surface area contributed by atoms with E-state index in [1.54, 1.807) is 6.20 Å². The van der Waals surface area contributed by atoms with Crippen LogP contribution in [0.15, 0.2) is 24.5 Å². The van der Waals surface area contributed by atoms with Gasteiger partial charge in [0.05, 0.1) is 5.60 Å². The lowest BCUT2D eigenvalue weighted by molar-refractivity contribution is 0.0207. The van der Waals surface area contributed by atoms with Gasteiger partial charge in [0.1, 0.15) is 0 Å². The minimum absolute atomic E-state index is 0.0439. The monoisotopic (exact) mass is 206 g/mol. The van der Waals surface area contributed by atoms with Crippen molar-refractivity contribution >= 4 is 0 Å². The molecular weight excluding hydrogens is 188 g/mol. The number of ether oxygens (including phenoxy) is 1. The molecule has 15 heavy (non-hydrogen) atoms. The van der Waals surface area contributed by atoms with Crippen molar-refractivity contribution in [3.63, 3.8) is 0 Å². The molecule has 0 bridgehead atoms. The van der Waals surface area contributed by atoms with Gasteiger partial charge in [0.2, 0.25) is 0 Å². The Labute approximate surface area is 90.9 Å². The summed E-state index contributed by atoms with van der Waals surface area (Å²) in [5, 5.41) is 3.42. The van der Waals surface area contributed by atoms with E-state index in [1.165, 1.54) is 12.0 Å². The summed E-state index contributed by atoms with van der Waals surface area (Å²) in [5.41, 5.74) is 1.27. The summed E-state index contributed by atoms with van der Waals surface area (Å²) in [6.07, 6.45) is 6.04. The zero-order chi connectivity index (χ0) is 10.6. The topological polar surface area (TPSA) is 34.2 Å². The quantitative estimate of drug-likeness (QED) is 0.814. The van der Waals surface area contributed by atoms with Crippen LogP contribution < -0.4 is 5.32 Å². The maximum Gasteiger partial charge on any atom is 0.0779 e. The van der Waals surface area contributed by atoms with Crippen LogP contribution in [0, 0.1) is 0 Å². The minimum Gasteiger partial charge on any atom is -0.374 e. The van der Waals surface area contributed by atoms with Crippen molar-refractivity contribution in [2.24, 2.45) is 0 Å². The Morgan fingerprint density at radius 2 is 2.53 bits per heavy atom. The van der Waals surface area contributed by atoms with E-state index >= 15 is 0 Å². The average Bonchev–Trinajstić information content (AvgIpc) is 2.67. The third-order valence-corrected chi connectivity index (χ3v) is 2.85. The summed E-state index contributed by atoms with van der Waals surface area (Å²) in [6, 6.07) is 4.04. The van der Waals surface area contributed by atoms with E-state index in [0.717, 1.165) is 26.1 Å². The molecule has 0 saturated carbocycles. The summed E-state index contributed by atoms with van der Waals surface area (Å²) >= 11 is 0. The van der Waals surface area contributed by atoms with Crippen molar-refractivity contribution < 1.29 is 4.74 Å². The van der Waals surface area contributed by atoms with Crippen molar-refractivity contribution in [2.45, 2.75) is 31.9 Å². The SMILES string of the molecule is CC1(CNCc2cccnc2)CCCO1. The Morgan fingerprint density at radius 1 is 1.60 bits per heavy atom. The number of nitrogens with one attached hydrogen (secondary N) is 1. The van der Waals surface area contributed by atoms with E-state index in [9.17, 15) is 0 Å². The maximum absolute atomic E-state index is 5.70. The number of pyridine rings is 1. The summed E-state index contributed by atoms with van der Waals surface area (Å²) in [4.78, 5) is 4.08. The molecular formula is C12H18N2O. The van der Waals surface area contributed by atoms with Crippen LogP contribution in [0.25, 0.3) is 0 Å². The molecule has 3 heteroatoms. The molecule has 2 rings (SSSR count). The van der Waals surface area contributed by atoms with Crippen LogP contribution in [0.4, 0.5) is 0 Å². The fourth-order valence-corrected chi connectivity index (χ4v) is 1.95. The van der Waals surface area contributed by atoms with E-state index in [4.69, 9.17) is 4.74 Å². The molecule has 1 aromatic heterocycles.